The predicted octanol–water partition coefficient (Wildman–Crippen LogP) is 5.17. The Kier molecular flexibility index (Phi) is 8.90. The summed E-state index contributed by atoms with van der Waals surface area (Å²) in [5, 5.41) is 13.0. The lowest BCUT2D eigenvalue weighted by Gasteiger charge is -2.26. The van der Waals surface area contributed by atoms with Crippen LogP contribution in [0.15, 0.2) is 73.1 Å². The summed E-state index contributed by atoms with van der Waals surface area (Å²) in [4.78, 5) is 22.7. The van der Waals surface area contributed by atoms with Gasteiger partial charge in [0.15, 0.2) is 11.5 Å². The fourth-order valence-electron chi connectivity index (χ4n) is 5.58. The third kappa shape index (κ3) is 6.23. The Labute approximate surface area is 254 Å². The SMILES string of the molecule is CCCC[S@@+]([O-])N1Cc2cc(C(=O)NCc3ccc4c(c3)OCO4)nc(-c3cccc(-c4cccnc4)c3)c2[C@H]1CCO. The molecule has 2 N–H and O–H groups in total. The highest BCUT2D eigenvalue weighted by molar-refractivity contribution is 7.89. The van der Waals surface area contributed by atoms with Crippen molar-refractivity contribution in [3.8, 4) is 33.9 Å². The maximum atomic E-state index is 13.5. The molecule has 9 nitrogen and oxygen atoms in total. The van der Waals surface area contributed by atoms with E-state index in [9.17, 15) is 14.5 Å². The van der Waals surface area contributed by atoms with E-state index in [-0.39, 0.29) is 31.0 Å². The largest absolute Gasteiger partial charge is 0.598 e. The highest BCUT2D eigenvalue weighted by atomic mass is 32.2. The summed E-state index contributed by atoms with van der Waals surface area (Å²) in [5.41, 5.74) is 6.40. The maximum Gasteiger partial charge on any atom is 0.270 e. The van der Waals surface area contributed by atoms with E-state index < -0.39 is 11.4 Å². The van der Waals surface area contributed by atoms with Crippen molar-refractivity contribution in [1.82, 2.24) is 19.6 Å². The number of carbonyl (C=O) groups is 1. The van der Waals surface area contributed by atoms with Crippen molar-refractivity contribution in [2.24, 2.45) is 0 Å². The van der Waals surface area contributed by atoms with E-state index in [4.69, 9.17) is 14.5 Å². The van der Waals surface area contributed by atoms with Gasteiger partial charge in [-0.1, -0.05) is 43.7 Å². The van der Waals surface area contributed by atoms with Gasteiger partial charge in [0.05, 0.1) is 18.3 Å². The first-order valence-corrected chi connectivity index (χ1v) is 15.8. The summed E-state index contributed by atoms with van der Waals surface area (Å²) < 4.78 is 26.2. The number of rotatable bonds is 11. The van der Waals surface area contributed by atoms with Crippen LogP contribution in [-0.2, 0) is 24.5 Å². The summed E-state index contributed by atoms with van der Waals surface area (Å²) in [6.45, 7) is 2.91. The zero-order valence-electron chi connectivity index (χ0n) is 24.0. The topological polar surface area (TPSA) is 120 Å². The number of nitrogens with zero attached hydrogens (tertiary/aromatic N) is 3. The van der Waals surface area contributed by atoms with Crippen LogP contribution < -0.4 is 14.8 Å². The van der Waals surface area contributed by atoms with Gasteiger partial charge in [0, 0.05) is 53.6 Å². The van der Waals surface area contributed by atoms with Crippen LogP contribution in [0.4, 0.5) is 0 Å². The molecule has 2 aliphatic rings. The number of amides is 1. The lowest BCUT2D eigenvalue weighted by molar-refractivity contribution is 0.0945. The molecule has 0 aliphatic carbocycles. The molecular formula is C33H34N4O5S. The van der Waals surface area contributed by atoms with Crippen LogP contribution in [0.2, 0.25) is 0 Å². The van der Waals surface area contributed by atoms with Crippen LogP contribution in [0.1, 0.15) is 59.4 Å². The number of aliphatic hydroxyl groups excluding tert-OH is 1. The predicted molar refractivity (Wildman–Crippen MR) is 165 cm³/mol. The molecule has 0 unspecified atom stereocenters. The fourth-order valence-corrected chi connectivity index (χ4v) is 7.13. The number of fused-ring (bicyclic) bond motifs is 2. The molecule has 4 aromatic rings. The number of pyridine rings is 2. The molecule has 10 heteroatoms. The normalized spacial score (nSPS) is 16.2. The number of unbranched alkanes of at least 4 members (excludes halogenated alkanes) is 1. The average Bonchev–Trinajstić information content (AvgIpc) is 3.67. The number of hydrogen-bond acceptors (Lipinski definition) is 8. The van der Waals surface area contributed by atoms with Crippen molar-refractivity contribution in [2.45, 2.75) is 45.3 Å². The standard InChI is InChI=1S/C33H34N4O5S/c1-2-3-14-43(40)37-20-26-17-27(33(39)35-18-22-9-10-29-30(15-22)42-21-41-29)36-32(31(26)28(37)11-13-38)24-7-4-6-23(16-24)25-8-5-12-34-19-25/h4-10,12,15-17,19,28,38H,2-3,11,13-14,18,20-21H2,1H3,(H,35,39)/t28-,43-/m1/s1. The lowest BCUT2D eigenvalue weighted by atomic mass is 9.94. The van der Waals surface area contributed by atoms with E-state index in [1.165, 1.54) is 0 Å². The Bertz CT molecular complexity index is 1600. The Morgan fingerprint density at radius 3 is 2.74 bits per heavy atom. The third-order valence-electron chi connectivity index (χ3n) is 7.74. The number of ether oxygens (including phenoxy) is 2. The van der Waals surface area contributed by atoms with E-state index in [1.54, 1.807) is 12.3 Å². The van der Waals surface area contributed by atoms with Gasteiger partial charge in [0.2, 0.25) is 6.79 Å². The number of aliphatic hydroxyl groups is 1. The van der Waals surface area contributed by atoms with Crippen LogP contribution in [-0.4, -0.2) is 49.0 Å². The number of nitrogens with one attached hydrogen (secondary N) is 1. The van der Waals surface area contributed by atoms with Crippen molar-refractivity contribution < 1.29 is 23.9 Å². The third-order valence-corrected chi connectivity index (χ3v) is 9.29. The minimum absolute atomic E-state index is 0.0570. The molecule has 2 aromatic carbocycles. The van der Waals surface area contributed by atoms with Crippen LogP contribution in [0.5, 0.6) is 11.5 Å². The van der Waals surface area contributed by atoms with Crippen LogP contribution in [0.3, 0.4) is 0 Å². The molecule has 222 valence electrons. The van der Waals surface area contributed by atoms with Gasteiger partial charge in [-0.25, -0.2) is 4.98 Å². The molecular weight excluding hydrogens is 564 g/mol. The first kappa shape index (κ1) is 29.1. The fraction of sp³-hybridized carbons (Fsp3) is 0.303. The second-order valence-electron chi connectivity index (χ2n) is 10.6. The van der Waals surface area contributed by atoms with Crippen LogP contribution in [0, 0.1) is 0 Å². The number of aromatic nitrogens is 2. The molecule has 1 amide bonds. The van der Waals surface area contributed by atoms with E-state index in [1.807, 2.05) is 65.1 Å². The molecule has 0 saturated carbocycles. The van der Waals surface area contributed by atoms with Gasteiger partial charge in [-0.3, -0.25) is 9.78 Å². The van der Waals surface area contributed by atoms with Crippen molar-refractivity contribution in [3.05, 3.63) is 95.4 Å². The van der Waals surface area contributed by atoms with E-state index in [0.717, 1.165) is 46.2 Å². The summed E-state index contributed by atoms with van der Waals surface area (Å²) in [6.07, 6.45) is 5.75. The molecule has 0 fully saturated rings. The highest BCUT2D eigenvalue weighted by Gasteiger charge is 2.40. The average molecular weight is 599 g/mol. The summed E-state index contributed by atoms with van der Waals surface area (Å²) >= 11 is -1.23. The zero-order chi connectivity index (χ0) is 29.8. The molecule has 2 aliphatic heterocycles. The Morgan fingerprint density at radius 1 is 1.09 bits per heavy atom. The number of hydrogen-bond donors (Lipinski definition) is 2. The van der Waals surface area contributed by atoms with E-state index in [0.29, 0.717) is 42.5 Å². The Hall–Kier alpha value is -3.96. The van der Waals surface area contributed by atoms with Gasteiger partial charge >= 0.3 is 0 Å². The van der Waals surface area contributed by atoms with Gasteiger partial charge in [0.1, 0.15) is 11.4 Å². The molecule has 0 radical (unpaired) electrons. The van der Waals surface area contributed by atoms with Crippen molar-refractivity contribution in [3.63, 3.8) is 0 Å². The van der Waals surface area contributed by atoms with Gasteiger partial charge in [0.25, 0.3) is 5.91 Å². The first-order chi connectivity index (χ1) is 21.1. The molecule has 0 saturated heterocycles. The number of carbonyl (C=O) groups excluding carboxylic acids is 1. The minimum atomic E-state index is -1.23. The van der Waals surface area contributed by atoms with Gasteiger partial charge in [-0.05, 0) is 59.9 Å². The molecule has 2 aromatic heterocycles. The minimum Gasteiger partial charge on any atom is -0.598 e. The zero-order valence-corrected chi connectivity index (χ0v) is 24.8. The number of benzene rings is 2. The highest BCUT2D eigenvalue weighted by Crippen LogP contribution is 2.44. The smallest absolute Gasteiger partial charge is 0.270 e. The van der Waals surface area contributed by atoms with E-state index in [2.05, 4.69) is 17.2 Å². The first-order valence-electron chi connectivity index (χ1n) is 14.5. The van der Waals surface area contributed by atoms with Gasteiger partial charge in [-0.2, -0.15) is 0 Å². The summed E-state index contributed by atoms with van der Waals surface area (Å²) in [6, 6.07) is 19.0. The Morgan fingerprint density at radius 2 is 1.93 bits per heavy atom. The summed E-state index contributed by atoms with van der Waals surface area (Å²) in [5.74, 6) is 1.58. The van der Waals surface area contributed by atoms with Gasteiger partial charge in [-0.15, -0.1) is 4.31 Å². The molecule has 6 rings (SSSR count). The quantitative estimate of drug-likeness (QED) is 0.227. The monoisotopic (exact) mass is 598 g/mol. The van der Waals surface area contributed by atoms with Crippen LogP contribution >= 0.6 is 0 Å². The second kappa shape index (κ2) is 13.1. The Balaban J connectivity index is 1.37. The molecule has 2 atom stereocenters. The molecule has 0 bridgehead atoms. The van der Waals surface area contributed by atoms with Crippen molar-refractivity contribution >= 4 is 17.3 Å². The summed E-state index contributed by atoms with van der Waals surface area (Å²) in [7, 11) is 0. The van der Waals surface area contributed by atoms with Gasteiger partial charge < -0.3 is 24.4 Å². The molecule has 4 heterocycles. The second-order valence-corrected chi connectivity index (χ2v) is 12.1. The van der Waals surface area contributed by atoms with Crippen molar-refractivity contribution in [2.75, 3.05) is 19.2 Å². The maximum absolute atomic E-state index is 13.5. The molecule has 0 spiro atoms. The van der Waals surface area contributed by atoms with E-state index >= 15 is 0 Å². The molecule has 43 heavy (non-hydrogen) atoms. The lowest BCUT2D eigenvalue weighted by Crippen LogP contribution is -2.32. The van der Waals surface area contributed by atoms with Crippen molar-refractivity contribution in [1.29, 1.82) is 0 Å². The van der Waals surface area contributed by atoms with Crippen LogP contribution in [0.25, 0.3) is 22.4 Å².